The van der Waals surface area contributed by atoms with Gasteiger partial charge < -0.3 is 19.7 Å². The van der Waals surface area contributed by atoms with Gasteiger partial charge in [0.2, 0.25) is 0 Å². The van der Waals surface area contributed by atoms with Gasteiger partial charge in [-0.1, -0.05) is 26.7 Å². The molecule has 30 heavy (non-hydrogen) atoms. The number of nitrogens with zero attached hydrogens (tertiary/aromatic N) is 2. The molecule has 3 atom stereocenters. The van der Waals surface area contributed by atoms with Gasteiger partial charge in [0.1, 0.15) is 5.69 Å². The van der Waals surface area contributed by atoms with Gasteiger partial charge in [-0.25, -0.2) is 4.79 Å². The summed E-state index contributed by atoms with van der Waals surface area (Å²) < 4.78 is 10.4. The van der Waals surface area contributed by atoms with Crippen LogP contribution in [0.5, 0.6) is 0 Å². The Bertz CT molecular complexity index is 793. The van der Waals surface area contributed by atoms with Gasteiger partial charge in [0, 0.05) is 25.2 Å². The maximum Gasteiger partial charge on any atom is 0.338 e. The largest absolute Gasteiger partial charge is 0.452 e. The van der Waals surface area contributed by atoms with Gasteiger partial charge in [0.25, 0.3) is 11.6 Å². The summed E-state index contributed by atoms with van der Waals surface area (Å²) >= 11 is 0. The highest BCUT2D eigenvalue weighted by molar-refractivity contribution is 5.93. The molecule has 1 saturated heterocycles. The smallest absolute Gasteiger partial charge is 0.338 e. The Morgan fingerprint density at radius 1 is 1.27 bits per heavy atom. The van der Waals surface area contributed by atoms with Crippen LogP contribution in [0.3, 0.4) is 0 Å². The van der Waals surface area contributed by atoms with E-state index in [9.17, 15) is 19.7 Å². The molecule has 2 fully saturated rings. The van der Waals surface area contributed by atoms with E-state index in [1.165, 1.54) is 12.1 Å². The number of morpholine rings is 1. The predicted octanol–water partition coefficient (Wildman–Crippen LogP) is 2.53. The summed E-state index contributed by atoms with van der Waals surface area (Å²) in [7, 11) is 0. The molecule has 9 heteroatoms. The van der Waals surface area contributed by atoms with Crippen LogP contribution in [0.4, 0.5) is 11.4 Å². The van der Waals surface area contributed by atoms with E-state index in [2.05, 4.69) is 19.2 Å². The molecule has 1 saturated carbocycles. The van der Waals surface area contributed by atoms with Crippen molar-refractivity contribution in [3.8, 4) is 0 Å². The van der Waals surface area contributed by atoms with Crippen LogP contribution in [0.1, 0.15) is 43.5 Å². The van der Waals surface area contributed by atoms with Crippen LogP contribution in [0.25, 0.3) is 0 Å². The minimum atomic E-state index is -0.758. The number of rotatable bonds is 6. The van der Waals surface area contributed by atoms with Crippen molar-refractivity contribution in [1.82, 2.24) is 5.32 Å². The molecule has 0 spiro atoms. The number of esters is 1. The summed E-state index contributed by atoms with van der Waals surface area (Å²) in [6.45, 7) is 5.97. The third-order valence-electron chi connectivity index (χ3n) is 6.15. The number of hydrogen-bond acceptors (Lipinski definition) is 7. The second kappa shape index (κ2) is 9.88. The predicted molar refractivity (Wildman–Crippen MR) is 111 cm³/mol. The summed E-state index contributed by atoms with van der Waals surface area (Å²) in [4.78, 5) is 37.4. The number of nitro groups is 1. The lowest BCUT2D eigenvalue weighted by Gasteiger charge is -2.34. The number of carbonyl (C=O) groups excluding carboxylic acids is 2. The number of nitrogens with one attached hydrogen (secondary N) is 1. The van der Waals surface area contributed by atoms with Gasteiger partial charge in [-0.3, -0.25) is 14.9 Å². The Hall–Kier alpha value is -2.68. The molecule has 1 amide bonds. The summed E-state index contributed by atoms with van der Waals surface area (Å²) in [5.74, 6) is -0.202. The van der Waals surface area contributed by atoms with Crippen LogP contribution in [-0.4, -0.2) is 55.8 Å². The number of anilines is 1. The summed E-state index contributed by atoms with van der Waals surface area (Å²) in [6.07, 6.45) is 3.14. The summed E-state index contributed by atoms with van der Waals surface area (Å²) in [6, 6.07) is 4.32. The fourth-order valence-corrected chi connectivity index (χ4v) is 4.12. The second-order valence-electron chi connectivity index (χ2n) is 8.08. The topological polar surface area (TPSA) is 111 Å². The molecule has 1 aliphatic heterocycles. The van der Waals surface area contributed by atoms with Gasteiger partial charge in [-0.15, -0.1) is 0 Å². The molecule has 1 aromatic carbocycles. The number of benzene rings is 1. The molecule has 3 rings (SSSR count). The first kappa shape index (κ1) is 22.0. The van der Waals surface area contributed by atoms with Crippen molar-refractivity contribution in [2.75, 3.05) is 37.8 Å². The Morgan fingerprint density at radius 2 is 2.00 bits per heavy atom. The van der Waals surface area contributed by atoms with E-state index in [1.807, 2.05) is 4.90 Å². The molecule has 0 aromatic heterocycles. The number of hydrogen-bond donors (Lipinski definition) is 1. The lowest BCUT2D eigenvalue weighted by molar-refractivity contribution is -0.384. The first-order valence-electron chi connectivity index (χ1n) is 10.4. The van der Waals surface area contributed by atoms with Crippen molar-refractivity contribution in [2.45, 2.75) is 39.2 Å². The van der Waals surface area contributed by atoms with Crippen molar-refractivity contribution in [2.24, 2.45) is 11.8 Å². The van der Waals surface area contributed by atoms with Crippen molar-refractivity contribution in [1.29, 1.82) is 0 Å². The molecule has 9 nitrogen and oxygen atoms in total. The quantitative estimate of drug-likeness (QED) is 0.428. The van der Waals surface area contributed by atoms with Crippen molar-refractivity contribution in [3.05, 3.63) is 33.9 Å². The van der Waals surface area contributed by atoms with Crippen LogP contribution >= 0.6 is 0 Å². The number of amides is 1. The monoisotopic (exact) mass is 419 g/mol. The first-order chi connectivity index (χ1) is 14.4. The molecule has 3 unspecified atom stereocenters. The zero-order valence-corrected chi connectivity index (χ0v) is 17.5. The van der Waals surface area contributed by atoms with Gasteiger partial charge in [0.05, 0.1) is 23.7 Å². The highest BCUT2D eigenvalue weighted by atomic mass is 16.6. The van der Waals surface area contributed by atoms with E-state index >= 15 is 0 Å². The molecule has 0 bridgehead atoms. The Labute approximate surface area is 175 Å². The van der Waals surface area contributed by atoms with E-state index in [1.54, 1.807) is 6.07 Å². The lowest BCUT2D eigenvalue weighted by Crippen LogP contribution is -2.45. The van der Waals surface area contributed by atoms with E-state index < -0.39 is 17.5 Å². The Kier molecular flexibility index (Phi) is 7.25. The highest BCUT2D eigenvalue weighted by Crippen LogP contribution is 2.31. The van der Waals surface area contributed by atoms with Gasteiger partial charge in [-0.05, 0) is 30.4 Å². The van der Waals surface area contributed by atoms with Crippen LogP contribution in [0.2, 0.25) is 0 Å². The molecule has 2 aliphatic rings. The van der Waals surface area contributed by atoms with E-state index in [4.69, 9.17) is 9.47 Å². The highest BCUT2D eigenvalue weighted by Gasteiger charge is 2.28. The van der Waals surface area contributed by atoms with Gasteiger partial charge >= 0.3 is 5.97 Å². The minimum absolute atomic E-state index is 0.0474. The molecule has 0 radical (unpaired) electrons. The standard InChI is InChI=1S/C21H29N3O6/c1-14-4-3-5-17(15(14)2)22-20(25)13-30-21(26)16-6-7-18(19(12-16)24(27)28)23-8-10-29-11-9-23/h6-7,12,14-15,17H,3-5,8-11,13H2,1-2H3,(H,22,25). The lowest BCUT2D eigenvalue weighted by atomic mass is 9.78. The van der Waals surface area contributed by atoms with E-state index in [-0.39, 0.29) is 23.2 Å². The Balaban J connectivity index is 1.60. The average Bonchev–Trinajstić information content (AvgIpc) is 2.75. The number of ether oxygens (including phenoxy) is 2. The molecular formula is C21H29N3O6. The van der Waals surface area contributed by atoms with Crippen molar-refractivity contribution >= 4 is 23.3 Å². The molecule has 1 heterocycles. The fraction of sp³-hybridized carbons (Fsp3) is 0.619. The van der Waals surface area contributed by atoms with Crippen LogP contribution in [0, 0.1) is 22.0 Å². The second-order valence-corrected chi connectivity index (χ2v) is 8.08. The fourth-order valence-electron chi connectivity index (χ4n) is 4.12. The van der Waals surface area contributed by atoms with Crippen LogP contribution in [0.15, 0.2) is 18.2 Å². The van der Waals surface area contributed by atoms with Gasteiger partial charge in [0.15, 0.2) is 6.61 Å². The van der Waals surface area contributed by atoms with Gasteiger partial charge in [-0.2, -0.15) is 0 Å². The number of nitro benzene ring substituents is 1. The van der Waals surface area contributed by atoms with Crippen molar-refractivity contribution in [3.63, 3.8) is 0 Å². The molecule has 1 aliphatic carbocycles. The zero-order valence-electron chi connectivity index (χ0n) is 17.5. The van der Waals surface area contributed by atoms with E-state index in [0.717, 1.165) is 19.3 Å². The van der Waals surface area contributed by atoms with Crippen LogP contribution < -0.4 is 10.2 Å². The summed E-state index contributed by atoms with van der Waals surface area (Å²) in [5.41, 5.74) is 0.324. The maximum absolute atomic E-state index is 12.4. The van der Waals surface area contributed by atoms with E-state index in [0.29, 0.717) is 43.8 Å². The molecular weight excluding hydrogens is 390 g/mol. The average molecular weight is 419 g/mol. The molecule has 1 aromatic rings. The minimum Gasteiger partial charge on any atom is -0.452 e. The third-order valence-corrected chi connectivity index (χ3v) is 6.15. The number of carbonyl (C=O) groups is 2. The zero-order chi connectivity index (χ0) is 21.7. The molecule has 1 N–H and O–H groups in total. The normalized spacial score (nSPS) is 24.2. The Morgan fingerprint density at radius 3 is 2.70 bits per heavy atom. The SMILES string of the molecule is CC1CCCC(NC(=O)COC(=O)c2ccc(N3CCOCC3)c([N+](=O)[O-])c2)C1C. The van der Waals surface area contributed by atoms with Crippen LogP contribution in [-0.2, 0) is 14.3 Å². The first-order valence-corrected chi connectivity index (χ1v) is 10.4. The summed E-state index contributed by atoms with van der Waals surface area (Å²) in [5, 5.41) is 14.5. The molecule has 164 valence electrons. The van der Waals surface area contributed by atoms with Crippen molar-refractivity contribution < 1.29 is 24.0 Å². The maximum atomic E-state index is 12.4. The third kappa shape index (κ3) is 5.27.